The number of hydrogen-bond acceptors (Lipinski definition) is 6. The van der Waals surface area contributed by atoms with Crippen LogP contribution in [0.25, 0.3) is 0 Å². The van der Waals surface area contributed by atoms with Crippen molar-refractivity contribution in [3.63, 3.8) is 0 Å². The van der Waals surface area contributed by atoms with Crippen LogP contribution < -0.4 is 14.2 Å². The summed E-state index contributed by atoms with van der Waals surface area (Å²) in [6.45, 7) is 1.26. The summed E-state index contributed by atoms with van der Waals surface area (Å²) in [6.07, 6.45) is 0.832. The van der Waals surface area contributed by atoms with Gasteiger partial charge >= 0.3 is 0 Å². The standard InChI is InChI=1S/C22H28N2O6S/c1-28-18-5-8-20(9-6-18)31(26,27)24-14-12-23(13-15-24)22(25)11-4-17-16-19(29-2)7-10-21(17)30-3/h5-10,16H,4,11-15H2,1-3H3. The molecule has 0 aromatic heterocycles. The molecule has 1 aliphatic rings. The van der Waals surface area contributed by atoms with E-state index in [1.54, 1.807) is 31.3 Å². The SMILES string of the molecule is COc1ccc(S(=O)(=O)N2CCN(C(=O)CCc3cc(OC)ccc3OC)CC2)cc1. The maximum atomic E-state index is 12.9. The lowest BCUT2D eigenvalue weighted by Crippen LogP contribution is -2.50. The lowest BCUT2D eigenvalue weighted by atomic mass is 10.1. The normalized spacial score (nSPS) is 14.9. The maximum Gasteiger partial charge on any atom is 0.243 e. The van der Waals surface area contributed by atoms with Gasteiger partial charge in [-0.1, -0.05) is 0 Å². The van der Waals surface area contributed by atoms with E-state index in [0.29, 0.717) is 43.2 Å². The smallest absolute Gasteiger partial charge is 0.243 e. The van der Waals surface area contributed by atoms with Gasteiger partial charge in [-0.2, -0.15) is 4.31 Å². The van der Waals surface area contributed by atoms with Crippen LogP contribution >= 0.6 is 0 Å². The Morgan fingerprint density at radius 3 is 2.06 bits per heavy atom. The molecule has 9 heteroatoms. The van der Waals surface area contributed by atoms with Gasteiger partial charge in [0.25, 0.3) is 0 Å². The largest absolute Gasteiger partial charge is 0.497 e. The molecule has 1 heterocycles. The minimum Gasteiger partial charge on any atom is -0.497 e. The molecule has 0 N–H and O–H groups in total. The fourth-order valence-electron chi connectivity index (χ4n) is 3.55. The van der Waals surface area contributed by atoms with E-state index in [4.69, 9.17) is 14.2 Å². The van der Waals surface area contributed by atoms with Gasteiger partial charge in [-0.3, -0.25) is 4.79 Å². The Balaban J connectivity index is 1.57. The molecular weight excluding hydrogens is 420 g/mol. The van der Waals surface area contributed by atoms with Crippen LogP contribution in [0.3, 0.4) is 0 Å². The van der Waals surface area contributed by atoms with Gasteiger partial charge in [0.1, 0.15) is 17.2 Å². The van der Waals surface area contributed by atoms with Crippen LogP contribution in [0, 0.1) is 0 Å². The second-order valence-corrected chi connectivity index (χ2v) is 9.08. The molecule has 2 aromatic carbocycles. The van der Waals surface area contributed by atoms with Crippen LogP contribution in [-0.2, 0) is 21.2 Å². The van der Waals surface area contributed by atoms with Crippen molar-refractivity contribution >= 4 is 15.9 Å². The molecule has 8 nitrogen and oxygen atoms in total. The molecule has 3 rings (SSSR count). The fourth-order valence-corrected chi connectivity index (χ4v) is 4.97. The van der Waals surface area contributed by atoms with Crippen molar-refractivity contribution in [2.75, 3.05) is 47.5 Å². The molecule has 0 bridgehead atoms. The minimum absolute atomic E-state index is 0.00799. The highest BCUT2D eigenvalue weighted by molar-refractivity contribution is 7.89. The van der Waals surface area contributed by atoms with Crippen LogP contribution in [0.1, 0.15) is 12.0 Å². The number of piperazine rings is 1. The Hall–Kier alpha value is -2.78. The minimum atomic E-state index is -3.60. The highest BCUT2D eigenvalue weighted by Gasteiger charge is 2.30. The van der Waals surface area contributed by atoms with E-state index in [9.17, 15) is 13.2 Å². The Bertz CT molecular complexity index is 999. The van der Waals surface area contributed by atoms with Gasteiger partial charge in [-0.25, -0.2) is 8.42 Å². The predicted molar refractivity (Wildman–Crippen MR) is 116 cm³/mol. The Morgan fingerprint density at radius 2 is 1.48 bits per heavy atom. The molecule has 0 spiro atoms. The molecule has 0 atom stereocenters. The predicted octanol–water partition coefficient (Wildman–Crippen LogP) is 2.18. The van der Waals surface area contributed by atoms with E-state index in [1.165, 1.54) is 23.5 Å². The van der Waals surface area contributed by atoms with Crippen molar-refractivity contribution in [3.05, 3.63) is 48.0 Å². The highest BCUT2D eigenvalue weighted by atomic mass is 32.2. The topological polar surface area (TPSA) is 85.4 Å². The Morgan fingerprint density at radius 1 is 0.871 bits per heavy atom. The van der Waals surface area contributed by atoms with E-state index < -0.39 is 10.0 Å². The van der Waals surface area contributed by atoms with Crippen molar-refractivity contribution in [2.24, 2.45) is 0 Å². The van der Waals surface area contributed by atoms with Crippen molar-refractivity contribution in [3.8, 4) is 17.2 Å². The number of rotatable bonds is 8. The first-order chi connectivity index (χ1) is 14.9. The Labute approximate surface area is 183 Å². The van der Waals surface area contributed by atoms with E-state index in [0.717, 1.165) is 5.56 Å². The summed E-state index contributed by atoms with van der Waals surface area (Å²) in [6, 6.07) is 11.8. The molecular formula is C22H28N2O6S. The lowest BCUT2D eigenvalue weighted by molar-refractivity contribution is -0.132. The quantitative estimate of drug-likeness (QED) is 0.615. The fraction of sp³-hybridized carbons (Fsp3) is 0.409. The molecule has 1 amide bonds. The van der Waals surface area contributed by atoms with Crippen LogP contribution in [0.2, 0.25) is 0 Å². The summed E-state index contributed by atoms with van der Waals surface area (Å²) in [5.74, 6) is 2.01. The van der Waals surface area contributed by atoms with Crippen molar-refractivity contribution in [2.45, 2.75) is 17.7 Å². The van der Waals surface area contributed by atoms with Crippen molar-refractivity contribution < 1.29 is 27.4 Å². The number of nitrogens with zero attached hydrogens (tertiary/aromatic N) is 2. The summed E-state index contributed by atoms with van der Waals surface area (Å²) in [5, 5.41) is 0. The van der Waals surface area contributed by atoms with Gasteiger partial charge in [-0.05, 0) is 54.4 Å². The molecule has 0 saturated carbocycles. The zero-order valence-electron chi connectivity index (χ0n) is 18.0. The first-order valence-corrected chi connectivity index (χ1v) is 11.5. The summed E-state index contributed by atoms with van der Waals surface area (Å²) >= 11 is 0. The van der Waals surface area contributed by atoms with Crippen LogP contribution in [0.4, 0.5) is 0 Å². The van der Waals surface area contributed by atoms with Gasteiger partial charge in [0, 0.05) is 32.6 Å². The molecule has 1 aliphatic heterocycles. The number of carbonyl (C=O) groups excluding carboxylic acids is 1. The summed E-state index contributed by atoms with van der Waals surface area (Å²) < 4.78 is 42.8. The maximum absolute atomic E-state index is 12.9. The zero-order chi connectivity index (χ0) is 22.4. The van der Waals surface area contributed by atoms with Crippen LogP contribution in [0.5, 0.6) is 17.2 Å². The third-order valence-electron chi connectivity index (χ3n) is 5.38. The monoisotopic (exact) mass is 448 g/mol. The molecule has 1 saturated heterocycles. The molecule has 0 unspecified atom stereocenters. The summed E-state index contributed by atoms with van der Waals surface area (Å²) in [7, 11) is 1.12. The highest BCUT2D eigenvalue weighted by Crippen LogP contribution is 2.26. The number of hydrogen-bond donors (Lipinski definition) is 0. The number of carbonyl (C=O) groups is 1. The first kappa shape index (κ1) is 22.9. The molecule has 168 valence electrons. The van der Waals surface area contributed by atoms with Crippen molar-refractivity contribution in [1.82, 2.24) is 9.21 Å². The number of sulfonamides is 1. The number of ether oxygens (including phenoxy) is 3. The van der Waals surface area contributed by atoms with Gasteiger partial charge < -0.3 is 19.1 Å². The van der Waals surface area contributed by atoms with Gasteiger partial charge in [-0.15, -0.1) is 0 Å². The average Bonchev–Trinajstić information content (AvgIpc) is 2.82. The number of amides is 1. The van der Waals surface area contributed by atoms with Crippen LogP contribution in [-0.4, -0.2) is 71.0 Å². The lowest BCUT2D eigenvalue weighted by Gasteiger charge is -2.34. The summed E-state index contributed by atoms with van der Waals surface area (Å²) in [5.41, 5.74) is 0.899. The molecule has 0 aliphatic carbocycles. The average molecular weight is 449 g/mol. The second kappa shape index (κ2) is 10.0. The van der Waals surface area contributed by atoms with E-state index in [1.807, 2.05) is 18.2 Å². The van der Waals surface area contributed by atoms with Crippen molar-refractivity contribution in [1.29, 1.82) is 0 Å². The van der Waals surface area contributed by atoms with Gasteiger partial charge in [0.05, 0.1) is 26.2 Å². The van der Waals surface area contributed by atoms with Gasteiger partial charge in [0.2, 0.25) is 15.9 Å². The van der Waals surface area contributed by atoms with E-state index in [-0.39, 0.29) is 23.9 Å². The third kappa shape index (κ3) is 5.29. The molecule has 1 fully saturated rings. The third-order valence-corrected chi connectivity index (χ3v) is 7.30. The van der Waals surface area contributed by atoms with Crippen LogP contribution in [0.15, 0.2) is 47.4 Å². The van der Waals surface area contributed by atoms with E-state index >= 15 is 0 Å². The Kier molecular flexibility index (Phi) is 7.40. The number of methoxy groups -OCH3 is 3. The zero-order valence-corrected chi connectivity index (χ0v) is 18.9. The number of benzene rings is 2. The number of aryl methyl sites for hydroxylation is 1. The molecule has 0 radical (unpaired) electrons. The van der Waals surface area contributed by atoms with E-state index in [2.05, 4.69) is 0 Å². The molecule has 31 heavy (non-hydrogen) atoms. The second-order valence-electron chi connectivity index (χ2n) is 7.14. The summed E-state index contributed by atoms with van der Waals surface area (Å²) in [4.78, 5) is 14.6. The first-order valence-electron chi connectivity index (χ1n) is 10.0. The van der Waals surface area contributed by atoms with Gasteiger partial charge in [0.15, 0.2) is 0 Å². The molecule has 2 aromatic rings.